The summed E-state index contributed by atoms with van der Waals surface area (Å²) in [5.74, 6) is 0.900. The second kappa shape index (κ2) is 7.78. The van der Waals surface area contributed by atoms with Crippen molar-refractivity contribution in [3.05, 3.63) is 29.7 Å². The number of aliphatic hydroxyl groups excluding tert-OH is 1. The number of furan rings is 1. The number of ether oxygens (including phenoxy) is 1. The maximum atomic E-state index is 9.82. The summed E-state index contributed by atoms with van der Waals surface area (Å²) in [6.45, 7) is 6.06. The summed E-state index contributed by atoms with van der Waals surface area (Å²) in [5.41, 5.74) is 1.28. The predicted octanol–water partition coefficient (Wildman–Crippen LogP) is 2.79. The van der Waals surface area contributed by atoms with Crippen molar-refractivity contribution < 1.29 is 14.3 Å². The van der Waals surface area contributed by atoms with Crippen molar-refractivity contribution in [3.63, 3.8) is 0 Å². The van der Waals surface area contributed by atoms with Crippen molar-refractivity contribution in [3.8, 4) is 0 Å². The highest BCUT2D eigenvalue weighted by atomic mass is 16.5. The Bertz CT molecular complexity index is 441. The number of likely N-dealkylation sites (tertiary alicyclic amines) is 1. The lowest BCUT2D eigenvalue weighted by molar-refractivity contribution is 0.0107. The molecule has 2 rings (SSSR count). The highest BCUT2D eigenvalue weighted by Crippen LogP contribution is 2.33. The molecule has 0 bridgehead atoms. The van der Waals surface area contributed by atoms with Crippen LogP contribution in [0.4, 0.5) is 0 Å². The molecule has 2 heterocycles. The third kappa shape index (κ3) is 4.70. The highest BCUT2D eigenvalue weighted by molar-refractivity contribution is 5.46. The van der Waals surface area contributed by atoms with Gasteiger partial charge in [0, 0.05) is 32.2 Å². The Morgan fingerprint density at radius 3 is 3.10 bits per heavy atom. The molecule has 0 unspecified atom stereocenters. The molecule has 1 aliphatic heterocycles. The molecule has 1 aromatic rings. The van der Waals surface area contributed by atoms with Gasteiger partial charge in [0.05, 0.1) is 12.9 Å². The fourth-order valence-electron chi connectivity index (χ4n) is 3.19. The number of nitrogens with zero attached hydrogens (tertiary/aromatic N) is 1. The number of methoxy groups -OCH3 is 1. The lowest BCUT2D eigenvalue weighted by Gasteiger charge is -2.42. The summed E-state index contributed by atoms with van der Waals surface area (Å²) in [6, 6.07) is 3.87. The van der Waals surface area contributed by atoms with Gasteiger partial charge >= 0.3 is 0 Å². The predicted molar refractivity (Wildman–Crippen MR) is 84.0 cm³/mol. The molecule has 0 amide bonds. The van der Waals surface area contributed by atoms with Crippen LogP contribution in [0.5, 0.6) is 0 Å². The topological polar surface area (TPSA) is 45.8 Å². The van der Waals surface area contributed by atoms with Gasteiger partial charge in [0.25, 0.3) is 0 Å². The summed E-state index contributed by atoms with van der Waals surface area (Å²) in [6.07, 6.45) is 6.94. The minimum Gasteiger partial charge on any atom is -0.465 e. The molecule has 1 N–H and O–H groups in total. The molecule has 0 radical (unpaired) electrons. The first-order valence-corrected chi connectivity index (χ1v) is 7.70. The van der Waals surface area contributed by atoms with E-state index < -0.39 is 0 Å². The van der Waals surface area contributed by atoms with E-state index in [2.05, 4.69) is 17.9 Å². The Morgan fingerprint density at radius 2 is 2.43 bits per heavy atom. The number of piperidine rings is 1. The van der Waals surface area contributed by atoms with E-state index in [0.717, 1.165) is 51.3 Å². The van der Waals surface area contributed by atoms with E-state index in [1.54, 1.807) is 13.4 Å². The standard InChI is InChI=1S/C17H27NO3/c1-15(11-16-5-3-9-21-16)12-18-8-4-6-17(13-18,14-19)7-10-20-2/h3,5,9,11,19H,4,6-8,10,12-14H2,1-2H3/b15-11+/t17-/m1/s1. The Labute approximate surface area is 127 Å². The van der Waals surface area contributed by atoms with Gasteiger partial charge in [0.1, 0.15) is 5.76 Å². The maximum Gasteiger partial charge on any atom is 0.126 e. The van der Waals surface area contributed by atoms with Gasteiger partial charge in [-0.2, -0.15) is 0 Å². The summed E-state index contributed by atoms with van der Waals surface area (Å²) < 4.78 is 10.6. The molecule has 0 aliphatic carbocycles. The molecule has 1 aliphatic rings. The second-order valence-corrected chi connectivity index (χ2v) is 6.22. The minimum atomic E-state index is -0.000772. The average molecular weight is 293 g/mol. The smallest absolute Gasteiger partial charge is 0.126 e. The van der Waals surface area contributed by atoms with Crippen LogP contribution < -0.4 is 0 Å². The highest BCUT2D eigenvalue weighted by Gasteiger charge is 2.34. The molecule has 1 fully saturated rings. The molecule has 4 nitrogen and oxygen atoms in total. The Hall–Kier alpha value is -1.10. The molecule has 0 saturated carbocycles. The number of hydrogen-bond donors (Lipinski definition) is 1. The van der Waals surface area contributed by atoms with Gasteiger partial charge < -0.3 is 14.3 Å². The van der Waals surface area contributed by atoms with Crippen molar-refractivity contribution in [2.75, 3.05) is 40.0 Å². The van der Waals surface area contributed by atoms with Crippen molar-refractivity contribution in [2.24, 2.45) is 5.41 Å². The fraction of sp³-hybridized carbons (Fsp3) is 0.647. The molecule has 21 heavy (non-hydrogen) atoms. The summed E-state index contributed by atoms with van der Waals surface area (Å²) >= 11 is 0. The van der Waals surface area contributed by atoms with Gasteiger partial charge in [-0.3, -0.25) is 4.90 Å². The van der Waals surface area contributed by atoms with Gasteiger partial charge in [-0.25, -0.2) is 0 Å². The average Bonchev–Trinajstić information content (AvgIpc) is 2.98. The quantitative estimate of drug-likeness (QED) is 0.839. The Balaban J connectivity index is 1.94. The van der Waals surface area contributed by atoms with Crippen LogP contribution in [-0.2, 0) is 4.74 Å². The molecular formula is C17H27NO3. The van der Waals surface area contributed by atoms with E-state index >= 15 is 0 Å². The van der Waals surface area contributed by atoms with Gasteiger partial charge in [-0.15, -0.1) is 0 Å². The molecule has 1 atom stereocenters. The lowest BCUT2D eigenvalue weighted by atomic mass is 9.78. The van der Waals surface area contributed by atoms with Crippen LogP contribution in [0.25, 0.3) is 6.08 Å². The fourth-order valence-corrected chi connectivity index (χ4v) is 3.19. The van der Waals surface area contributed by atoms with E-state index in [0.29, 0.717) is 0 Å². The van der Waals surface area contributed by atoms with Crippen molar-refractivity contribution in [1.82, 2.24) is 4.90 Å². The summed E-state index contributed by atoms with van der Waals surface area (Å²) in [4.78, 5) is 2.43. The Kier molecular flexibility index (Phi) is 6.03. The first-order valence-electron chi connectivity index (χ1n) is 7.70. The lowest BCUT2D eigenvalue weighted by Crippen LogP contribution is -2.46. The number of rotatable bonds is 7. The molecule has 0 spiro atoms. The minimum absolute atomic E-state index is 0.000772. The molecule has 1 aromatic heterocycles. The normalized spacial score (nSPS) is 24.4. The van der Waals surface area contributed by atoms with E-state index in [-0.39, 0.29) is 12.0 Å². The zero-order valence-corrected chi connectivity index (χ0v) is 13.2. The molecule has 118 valence electrons. The van der Waals surface area contributed by atoms with Crippen LogP contribution in [0.1, 0.15) is 31.9 Å². The van der Waals surface area contributed by atoms with Crippen LogP contribution in [0.3, 0.4) is 0 Å². The van der Waals surface area contributed by atoms with Crippen LogP contribution in [0, 0.1) is 5.41 Å². The zero-order chi connectivity index (χ0) is 15.1. The van der Waals surface area contributed by atoms with E-state index in [1.165, 1.54) is 5.57 Å². The first kappa shape index (κ1) is 16.3. The molecular weight excluding hydrogens is 266 g/mol. The number of hydrogen-bond acceptors (Lipinski definition) is 4. The van der Waals surface area contributed by atoms with Crippen LogP contribution in [0.2, 0.25) is 0 Å². The second-order valence-electron chi connectivity index (χ2n) is 6.22. The summed E-state index contributed by atoms with van der Waals surface area (Å²) in [5, 5.41) is 9.82. The largest absolute Gasteiger partial charge is 0.465 e. The van der Waals surface area contributed by atoms with Gasteiger partial charge in [-0.05, 0) is 50.9 Å². The summed E-state index contributed by atoms with van der Waals surface area (Å²) in [7, 11) is 1.72. The van der Waals surface area contributed by atoms with E-state index in [9.17, 15) is 5.11 Å². The van der Waals surface area contributed by atoms with Crippen molar-refractivity contribution in [1.29, 1.82) is 0 Å². The van der Waals surface area contributed by atoms with Crippen LogP contribution in [0.15, 0.2) is 28.4 Å². The van der Waals surface area contributed by atoms with E-state index in [1.807, 2.05) is 12.1 Å². The van der Waals surface area contributed by atoms with E-state index in [4.69, 9.17) is 9.15 Å². The zero-order valence-electron chi connectivity index (χ0n) is 13.2. The molecule has 1 saturated heterocycles. The Morgan fingerprint density at radius 1 is 1.57 bits per heavy atom. The SMILES string of the molecule is COCC[C@]1(CO)CCCN(C/C(C)=C/c2ccco2)C1. The third-order valence-electron chi connectivity index (χ3n) is 4.32. The van der Waals surface area contributed by atoms with Crippen LogP contribution in [-0.4, -0.2) is 50.0 Å². The van der Waals surface area contributed by atoms with Gasteiger partial charge in [0.15, 0.2) is 0 Å². The van der Waals surface area contributed by atoms with Crippen LogP contribution >= 0.6 is 0 Å². The van der Waals surface area contributed by atoms with Crippen molar-refractivity contribution in [2.45, 2.75) is 26.2 Å². The van der Waals surface area contributed by atoms with Gasteiger partial charge in [-0.1, -0.05) is 5.57 Å². The monoisotopic (exact) mass is 293 g/mol. The third-order valence-corrected chi connectivity index (χ3v) is 4.32. The van der Waals surface area contributed by atoms with Gasteiger partial charge in [0.2, 0.25) is 0 Å². The van der Waals surface area contributed by atoms with Crippen molar-refractivity contribution >= 4 is 6.08 Å². The maximum absolute atomic E-state index is 9.82. The first-order chi connectivity index (χ1) is 10.2. The molecule has 4 heteroatoms. The number of aliphatic hydroxyl groups is 1. The molecule has 0 aromatic carbocycles.